The van der Waals surface area contributed by atoms with E-state index in [1.807, 2.05) is 54.6 Å². The Morgan fingerprint density at radius 1 is 0.917 bits per heavy atom. The molecule has 0 spiro atoms. The summed E-state index contributed by atoms with van der Waals surface area (Å²) in [7, 11) is 0. The van der Waals surface area contributed by atoms with E-state index in [0.29, 0.717) is 41.5 Å². The van der Waals surface area contributed by atoms with Gasteiger partial charge in [-0.2, -0.15) is 13.2 Å². The van der Waals surface area contributed by atoms with Crippen molar-refractivity contribution in [3.63, 3.8) is 0 Å². The van der Waals surface area contributed by atoms with E-state index < -0.39 is 23.7 Å². The molecule has 1 aromatic heterocycles. The zero-order valence-corrected chi connectivity index (χ0v) is 19.1. The normalized spacial score (nSPS) is 15.8. The van der Waals surface area contributed by atoms with Crippen LogP contribution in [0.15, 0.2) is 84.9 Å². The van der Waals surface area contributed by atoms with Gasteiger partial charge >= 0.3 is 6.18 Å². The van der Waals surface area contributed by atoms with Gasteiger partial charge < -0.3 is 10.2 Å². The maximum absolute atomic E-state index is 13.8. The number of fused-ring (bicyclic) bond motifs is 1. The van der Waals surface area contributed by atoms with Crippen molar-refractivity contribution in [2.24, 2.45) is 0 Å². The van der Waals surface area contributed by atoms with E-state index >= 15 is 0 Å². The van der Waals surface area contributed by atoms with Crippen LogP contribution in [0.4, 0.5) is 18.9 Å². The number of carbonyl (C=O) groups is 2. The average Bonchev–Trinajstić information content (AvgIpc) is 3.38. The molecule has 3 aromatic carbocycles. The van der Waals surface area contributed by atoms with E-state index in [-0.39, 0.29) is 11.6 Å². The fraction of sp³-hybridized carbons (Fsp3) is 0.179. The predicted octanol–water partition coefficient (Wildman–Crippen LogP) is 6.16. The van der Waals surface area contributed by atoms with Gasteiger partial charge in [0.25, 0.3) is 5.91 Å². The fourth-order valence-electron chi connectivity index (χ4n) is 4.51. The molecule has 1 unspecified atom stereocenters. The van der Waals surface area contributed by atoms with Gasteiger partial charge in [0.2, 0.25) is 5.91 Å². The SMILES string of the molecule is O=C(Nc1ccc(C(F)(F)F)cc1)C1CCCN1C(=O)c1cc(-c2ccccc2)nc2ccccc12. The van der Waals surface area contributed by atoms with Crippen LogP contribution in [0.5, 0.6) is 0 Å². The van der Waals surface area contributed by atoms with Gasteiger partial charge in [-0.05, 0) is 49.2 Å². The van der Waals surface area contributed by atoms with Crippen molar-refractivity contribution in [3.05, 3.63) is 96.1 Å². The molecular weight excluding hydrogens is 467 g/mol. The number of likely N-dealkylation sites (tertiary alicyclic amines) is 1. The minimum absolute atomic E-state index is 0.244. The molecule has 1 N–H and O–H groups in total. The average molecular weight is 489 g/mol. The summed E-state index contributed by atoms with van der Waals surface area (Å²) >= 11 is 0. The molecule has 2 amide bonds. The molecule has 0 bridgehead atoms. The Morgan fingerprint density at radius 3 is 2.33 bits per heavy atom. The lowest BCUT2D eigenvalue weighted by atomic mass is 10.0. The summed E-state index contributed by atoms with van der Waals surface area (Å²) in [6, 6.07) is 22.2. The molecule has 1 saturated heterocycles. The van der Waals surface area contributed by atoms with E-state index in [2.05, 4.69) is 5.32 Å². The highest BCUT2D eigenvalue weighted by molar-refractivity contribution is 6.09. The van der Waals surface area contributed by atoms with Crippen LogP contribution in [0.25, 0.3) is 22.2 Å². The molecule has 1 aliphatic heterocycles. The summed E-state index contributed by atoms with van der Waals surface area (Å²) in [5, 5.41) is 3.35. The van der Waals surface area contributed by atoms with Gasteiger partial charge in [-0.1, -0.05) is 48.5 Å². The topological polar surface area (TPSA) is 62.3 Å². The van der Waals surface area contributed by atoms with Crippen LogP contribution >= 0.6 is 0 Å². The zero-order valence-electron chi connectivity index (χ0n) is 19.1. The van der Waals surface area contributed by atoms with Crippen LogP contribution < -0.4 is 5.32 Å². The Balaban J connectivity index is 1.43. The van der Waals surface area contributed by atoms with Crippen molar-refractivity contribution in [1.29, 1.82) is 0 Å². The fourth-order valence-corrected chi connectivity index (χ4v) is 4.51. The number of carbonyl (C=O) groups excluding carboxylic acids is 2. The number of amides is 2. The van der Waals surface area contributed by atoms with Gasteiger partial charge in [-0.3, -0.25) is 9.59 Å². The third kappa shape index (κ3) is 4.66. The van der Waals surface area contributed by atoms with Gasteiger partial charge in [0.15, 0.2) is 0 Å². The van der Waals surface area contributed by atoms with Crippen LogP contribution in [-0.4, -0.2) is 34.3 Å². The lowest BCUT2D eigenvalue weighted by molar-refractivity contribution is -0.137. The first-order valence-electron chi connectivity index (χ1n) is 11.6. The quantitative estimate of drug-likeness (QED) is 0.373. The van der Waals surface area contributed by atoms with Crippen molar-refractivity contribution in [3.8, 4) is 11.3 Å². The molecule has 4 aromatic rings. The first-order chi connectivity index (χ1) is 17.3. The molecule has 1 aliphatic rings. The summed E-state index contributed by atoms with van der Waals surface area (Å²) in [6.45, 7) is 0.404. The van der Waals surface area contributed by atoms with E-state index in [1.165, 1.54) is 17.0 Å². The molecule has 5 rings (SSSR count). The number of para-hydroxylation sites is 1. The molecule has 1 fully saturated rings. The number of anilines is 1. The Morgan fingerprint density at radius 2 is 1.61 bits per heavy atom. The van der Waals surface area contributed by atoms with Gasteiger partial charge in [-0.15, -0.1) is 0 Å². The van der Waals surface area contributed by atoms with E-state index in [4.69, 9.17) is 4.98 Å². The Hall–Kier alpha value is -4.20. The van der Waals surface area contributed by atoms with E-state index in [1.54, 1.807) is 6.07 Å². The monoisotopic (exact) mass is 489 g/mol. The Bertz CT molecular complexity index is 1420. The smallest absolute Gasteiger partial charge is 0.327 e. The van der Waals surface area contributed by atoms with Gasteiger partial charge in [0.1, 0.15) is 6.04 Å². The van der Waals surface area contributed by atoms with Crippen LogP contribution in [0.1, 0.15) is 28.8 Å². The third-order valence-corrected chi connectivity index (χ3v) is 6.31. The zero-order chi connectivity index (χ0) is 25.3. The highest BCUT2D eigenvalue weighted by Gasteiger charge is 2.36. The molecule has 8 heteroatoms. The maximum atomic E-state index is 13.8. The lowest BCUT2D eigenvalue weighted by Gasteiger charge is -2.25. The second-order valence-corrected chi connectivity index (χ2v) is 8.66. The molecule has 1 atom stereocenters. The van der Waals surface area contributed by atoms with Crippen molar-refractivity contribution in [2.45, 2.75) is 25.1 Å². The Labute approximate surface area is 205 Å². The second kappa shape index (κ2) is 9.45. The van der Waals surface area contributed by atoms with Crippen molar-refractivity contribution in [2.75, 3.05) is 11.9 Å². The Kier molecular flexibility index (Phi) is 6.18. The van der Waals surface area contributed by atoms with E-state index in [9.17, 15) is 22.8 Å². The van der Waals surface area contributed by atoms with Crippen molar-refractivity contribution < 1.29 is 22.8 Å². The van der Waals surface area contributed by atoms with Gasteiger partial charge in [0, 0.05) is 23.2 Å². The number of nitrogens with one attached hydrogen (secondary N) is 1. The molecule has 182 valence electrons. The number of pyridine rings is 1. The molecule has 5 nitrogen and oxygen atoms in total. The van der Waals surface area contributed by atoms with Crippen molar-refractivity contribution >= 4 is 28.4 Å². The van der Waals surface area contributed by atoms with Crippen LogP contribution in [0.2, 0.25) is 0 Å². The summed E-state index contributed by atoms with van der Waals surface area (Å²) < 4.78 is 38.5. The summed E-state index contributed by atoms with van der Waals surface area (Å²) in [5.74, 6) is -0.710. The molecule has 0 radical (unpaired) electrons. The highest BCUT2D eigenvalue weighted by atomic mass is 19.4. The number of hydrogen-bond donors (Lipinski definition) is 1. The number of rotatable bonds is 4. The minimum atomic E-state index is -4.46. The highest BCUT2D eigenvalue weighted by Crippen LogP contribution is 2.31. The molecule has 0 aliphatic carbocycles. The molecule has 2 heterocycles. The molecule has 0 saturated carbocycles. The molecule has 36 heavy (non-hydrogen) atoms. The summed E-state index contributed by atoms with van der Waals surface area (Å²) in [4.78, 5) is 33.1. The first-order valence-corrected chi connectivity index (χ1v) is 11.6. The number of aromatic nitrogens is 1. The van der Waals surface area contributed by atoms with Crippen LogP contribution in [0, 0.1) is 0 Å². The van der Waals surface area contributed by atoms with E-state index in [0.717, 1.165) is 17.7 Å². The third-order valence-electron chi connectivity index (χ3n) is 6.31. The number of alkyl halides is 3. The molecular formula is C28H22F3N3O2. The first kappa shape index (κ1) is 23.5. The van der Waals surface area contributed by atoms with Crippen LogP contribution in [-0.2, 0) is 11.0 Å². The number of halogens is 3. The van der Waals surface area contributed by atoms with Crippen molar-refractivity contribution in [1.82, 2.24) is 9.88 Å². The minimum Gasteiger partial charge on any atom is -0.327 e. The van der Waals surface area contributed by atoms with Gasteiger partial charge in [0.05, 0.1) is 22.3 Å². The second-order valence-electron chi connectivity index (χ2n) is 8.66. The number of nitrogens with zero attached hydrogens (tertiary/aromatic N) is 2. The predicted molar refractivity (Wildman–Crippen MR) is 131 cm³/mol. The maximum Gasteiger partial charge on any atom is 0.416 e. The largest absolute Gasteiger partial charge is 0.416 e. The van der Waals surface area contributed by atoms with Crippen LogP contribution in [0.3, 0.4) is 0 Å². The lowest BCUT2D eigenvalue weighted by Crippen LogP contribution is -2.43. The standard InChI is InChI=1S/C28H22F3N3O2/c29-28(30,31)19-12-14-20(15-13-19)32-26(35)25-11-6-16-34(25)27(36)22-17-24(18-7-2-1-3-8-18)33-23-10-5-4-9-21(22)23/h1-5,7-10,12-15,17,25H,6,11,16H2,(H,32,35). The number of hydrogen-bond acceptors (Lipinski definition) is 3. The van der Waals surface area contributed by atoms with Gasteiger partial charge in [-0.25, -0.2) is 4.98 Å². The summed E-state index contributed by atoms with van der Waals surface area (Å²) in [5.41, 5.74) is 2.10. The summed E-state index contributed by atoms with van der Waals surface area (Å²) in [6.07, 6.45) is -3.35. The number of benzene rings is 3.